The number of aromatic nitrogens is 2. The van der Waals surface area contributed by atoms with Gasteiger partial charge in [0.1, 0.15) is 0 Å². The standard InChI is InChI=1S/C10H19N3O2/c1-3-14-9(6-11)4-5-15-10-7-12-13(2)8-10/h7-9H,3-6,11H2,1-2H3. The van der Waals surface area contributed by atoms with E-state index in [9.17, 15) is 0 Å². The van der Waals surface area contributed by atoms with E-state index in [0.717, 1.165) is 12.2 Å². The number of ether oxygens (including phenoxy) is 2. The van der Waals surface area contributed by atoms with E-state index in [2.05, 4.69) is 5.10 Å². The number of nitrogens with zero attached hydrogens (tertiary/aromatic N) is 2. The van der Waals surface area contributed by atoms with Crippen molar-refractivity contribution in [3.05, 3.63) is 12.4 Å². The van der Waals surface area contributed by atoms with Crippen LogP contribution in [0, 0.1) is 0 Å². The molecule has 0 saturated carbocycles. The minimum atomic E-state index is 0.0895. The fraction of sp³-hybridized carbons (Fsp3) is 0.700. The summed E-state index contributed by atoms with van der Waals surface area (Å²) in [5.41, 5.74) is 5.55. The molecule has 86 valence electrons. The van der Waals surface area contributed by atoms with Crippen molar-refractivity contribution in [2.24, 2.45) is 12.8 Å². The van der Waals surface area contributed by atoms with Gasteiger partial charge in [0.2, 0.25) is 0 Å². The van der Waals surface area contributed by atoms with Gasteiger partial charge >= 0.3 is 0 Å². The first-order chi connectivity index (χ1) is 7.26. The second kappa shape index (κ2) is 6.42. The average Bonchev–Trinajstić information content (AvgIpc) is 2.63. The van der Waals surface area contributed by atoms with Crippen LogP contribution < -0.4 is 10.5 Å². The fourth-order valence-electron chi connectivity index (χ4n) is 1.29. The van der Waals surface area contributed by atoms with Crippen molar-refractivity contribution in [1.29, 1.82) is 0 Å². The number of nitrogens with two attached hydrogens (primary N) is 1. The smallest absolute Gasteiger partial charge is 0.157 e. The monoisotopic (exact) mass is 213 g/mol. The second-order valence-electron chi connectivity index (χ2n) is 3.30. The lowest BCUT2D eigenvalue weighted by Gasteiger charge is -2.14. The van der Waals surface area contributed by atoms with Crippen molar-refractivity contribution < 1.29 is 9.47 Å². The molecule has 5 nitrogen and oxygen atoms in total. The van der Waals surface area contributed by atoms with Gasteiger partial charge in [-0.05, 0) is 6.92 Å². The van der Waals surface area contributed by atoms with E-state index < -0.39 is 0 Å². The third-order valence-electron chi connectivity index (χ3n) is 2.06. The zero-order chi connectivity index (χ0) is 11.1. The molecule has 1 atom stereocenters. The maximum absolute atomic E-state index is 5.55. The number of hydrogen-bond donors (Lipinski definition) is 1. The normalized spacial score (nSPS) is 12.7. The van der Waals surface area contributed by atoms with Gasteiger partial charge in [0.25, 0.3) is 0 Å². The molecule has 0 aliphatic rings. The molecular formula is C10H19N3O2. The van der Waals surface area contributed by atoms with Crippen LogP contribution in [0.15, 0.2) is 12.4 Å². The van der Waals surface area contributed by atoms with Crippen LogP contribution in [0.3, 0.4) is 0 Å². The molecule has 0 saturated heterocycles. The molecule has 0 radical (unpaired) electrons. The van der Waals surface area contributed by atoms with Crippen molar-refractivity contribution in [3.63, 3.8) is 0 Å². The first kappa shape index (κ1) is 12.0. The van der Waals surface area contributed by atoms with Crippen LogP contribution in [0.25, 0.3) is 0 Å². The van der Waals surface area contributed by atoms with E-state index in [1.165, 1.54) is 0 Å². The third kappa shape index (κ3) is 4.31. The summed E-state index contributed by atoms with van der Waals surface area (Å²) < 4.78 is 12.6. The molecule has 0 aliphatic heterocycles. The fourth-order valence-corrected chi connectivity index (χ4v) is 1.29. The molecule has 0 amide bonds. The Balaban J connectivity index is 2.20. The molecule has 0 aliphatic carbocycles. The second-order valence-corrected chi connectivity index (χ2v) is 3.30. The Kier molecular flexibility index (Phi) is 5.14. The molecule has 1 aromatic heterocycles. The van der Waals surface area contributed by atoms with Gasteiger partial charge in [-0.15, -0.1) is 0 Å². The van der Waals surface area contributed by atoms with Gasteiger partial charge in [-0.1, -0.05) is 0 Å². The van der Waals surface area contributed by atoms with Gasteiger partial charge in [0.05, 0.1) is 25.1 Å². The van der Waals surface area contributed by atoms with Crippen molar-refractivity contribution in [2.45, 2.75) is 19.4 Å². The minimum absolute atomic E-state index is 0.0895. The SMILES string of the molecule is CCOC(CN)CCOc1cnn(C)c1. The van der Waals surface area contributed by atoms with Crippen molar-refractivity contribution >= 4 is 0 Å². The maximum Gasteiger partial charge on any atom is 0.157 e. The lowest BCUT2D eigenvalue weighted by atomic mass is 10.2. The van der Waals surface area contributed by atoms with Crippen molar-refractivity contribution in [1.82, 2.24) is 9.78 Å². The molecule has 1 unspecified atom stereocenters. The van der Waals surface area contributed by atoms with Crippen LogP contribution >= 0.6 is 0 Å². The molecule has 0 spiro atoms. The van der Waals surface area contributed by atoms with Crippen LogP contribution in [0.5, 0.6) is 5.75 Å². The highest BCUT2D eigenvalue weighted by molar-refractivity contribution is 5.11. The van der Waals surface area contributed by atoms with Crippen molar-refractivity contribution in [3.8, 4) is 5.75 Å². The maximum atomic E-state index is 5.55. The molecule has 0 bridgehead atoms. The van der Waals surface area contributed by atoms with Gasteiger partial charge < -0.3 is 15.2 Å². The number of hydrogen-bond acceptors (Lipinski definition) is 4. The number of rotatable bonds is 7. The summed E-state index contributed by atoms with van der Waals surface area (Å²) in [4.78, 5) is 0. The summed E-state index contributed by atoms with van der Waals surface area (Å²) >= 11 is 0. The van der Waals surface area contributed by atoms with Crippen LogP contribution in [0.2, 0.25) is 0 Å². The zero-order valence-corrected chi connectivity index (χ0v) is 9.35. The highest BCUT2D eigenvalue weighted by Gasteiger charge is 2.06. The lowest BCUT2D eigenvalue weighted by Crippen LogP contribution is -2.25. The molecule has 0 fully saturated rings. The van der Waals surface area contributed by atoms with E-state index >= 15 is 0 Å². The molecule has 1 aromatic rings. The van der Waals surface area contributed by atoms with E-state index in [1.54, 1.807) is 10.9 Å². The number of aryl methyl sites for hydroxylation is 1. The Morgan fingerprint density at radius 3 is 2.93 bits per heavy atom. The van der Waals surface area contributed by atoms with Gasteiger partial charge in [0.15, 0.2) is 5.75 Å². The van der Waals surface area contributed by atoms with E-state index in [4.69, 9.17) is 15.2 Å². The highest BCUT2D eigenvalue weighted by Crippen LogP contribution is 2.08. The predicted octanol–water partition coefficient (Wildman–Crippen LogP) is 0.553. The molecule has 15 heavy (non-hydrogen) atoms. The summed E-state index contributed by atoms with van der Waals surface area (Å²) in [6.07, 6.45) is 4.42. The Morgan fingerprint density at radius 2 is 2.40 bits per heavy atom. The first-order valence-corrected chi connectivity index (χ1v) is 5.19. The van der Waals surface area contributed by atoms with E-state index in [1.807, 2.05) is 20.2 Å². The zero-order valence-electron chi connectivity index (χ0n) is 9.35. The minimum Gasteiger partial charge on any atom is -0.490 e. The first-order valence-electron chi connectivity index (χ1n) is 5.19. The van der Waals surface area contributed by atoms with Crippen LogP contribution in [-0.4, -0.2) is 35.6 Å². The summed E-state index contributed by atoms with van der Waals surface area (Å²) in [5.74, 6) is 0.782. The lowest BCUT2D eigenvalue weighted by molar-refractivity contribution is 0.0527. The Labute approximate surface area is 90.2 Å². The molecule has 0 aromatic carbocycles. The van der Waals surface area contributed by atoms with E-state index in [0.29, 0.717) is 19.8 Å². The third-order valence-corrected chi connectivity index (χ3v) is 2.06. The molecular weight excluding hydrogens is 194 g/mol. The molecule has 1 rings (SSSR count). The van der Waals surface area contributed by atoms with E-state index in [-0.39, 0.29) is 6.10 Å². The Hall–Kier alpha value is -1.07. The molecule has 2 N–H and O–H groups in total. The largest absolute Gasteiger partial charge is 0.490 e. The van der Waals surface area contributed by atoms with Crippen LogP contribution in [0.4, 0.5) is 0 Å². The van der Waals surface area contributed by atoms with Gasteiger partial charge in [-0.2, -0.15) is 5.10 Å². The molecule has 5 heteroatoms. The van der Waals surface area contributed by atoms with Gasteiger partial charge in [0, 0.05) is 26.6 Å². The average molecular weight is 213 g/mol. The van der Waals surface area contributed by atoms with Gasteiger partial charge in [-0.3, -0.25) is 4.68 Å². The quantitative estimate of drug-likeness (QED) is 0.718. The predicted molar refractivity (Wildman–Crippen MR) is 57.8 cm³/mol. The summed E-state index contributed by atoms with van der Waals surface area (Å²) in [5, 5.41) is 4.01. The van der Waals surface area contributed by atoms with Crippen molar-refractivity contribution in [2.75, 3.05) is 19.8 Å². The highest BCUT2D eigenvalue weighted by atomic mass is 16.5. The van der Waals surface area contributed by atoms with Crippen LogP contribution in [0.1, 0.15) is 13.3 Å². The van der Waals surface area contributed by atoms with Gasteiger partial charge in [-0.25, -0.2) is 0 Å². The summed E-state index contributed by atoms with van der Waals surface area (Å²) in [6, 6.07) is 0. The summed E-state index contributed by atoms with van der Waals surface area (Å²) in [6.45, 7) is 3.79. The molecule has 1 heterocycles. The Morgan fingerprint density at radius 1 is 1.60 bits per heavy atom. The Bertz CT molecular complexity index is 275. The summed E-state index contributed by atoms with van der Waals surface area (Å²) in [7, 11) is 1.86. The topological polar surface area (TPSA) is 62.3 Å². The van der Waals surface area contributed by atoms with Crippen LogP contribution in [-0.2, 0) is 11.8 Å².